The number of nitrogens with one attached hydrogen (secondary N) is 1. The van der Waals surface area contributed by atoms with Crippen molar-refractivity contribution in [3.63, 3.8) is 0 Å². The Morgan fingerprint density at radius 1 is 1.43 bits per heavy atom. The third-order valence-corrected chi connectivity index (χ3v) is 3.64. The maximum absolute atomic E-state index is 12.5. The van der Waals surface area contributed by atoms with Crippen LogP contribution in [0.3, 0.4) is 0 Å². The molecule has 2 amide bonds. The zero-order valence-corrected chi connectivity index (χ0v) is 14.7. The fraction of sp³-hybridized carbons (Fsp3) is 0.214. The molecule has 0 aliphatic rings. The minimum Gasteiger partial charge on any atom is -0.366 e. The predicted octanol–water partition coefficient (Wildman–Crippen LogP) is 2.56. The van der Waals surface area contributed by atoms with Crippen molar-refractivity contribution in [3.8, 4) is 0 Å². The molecule has 9 heteroatoms. The van der Waals surface area contributed by atoms with Crippen molar-refractivity contribution in [2.45, 2.75) is 13.7 Å². The van der Waals surface area contributed by atoms with Crippen molar-refractivity contribution >= 4 is 45.0 Å². The molecular weight excluding hydrogens is 388 g/mol. The molecule has 0 bridgehead atoms. The van der Waals surface area contributed by atoms with Gasteiger partial charge in [0.2, 0.25) is 0 Å². The number of carbonyl (C=O) groups is 2. The van der Waals surface area contributed by atoms with Crippen LogP contribution in [0.4, 0.5) is 5.69 Å². The highest BCUT2D eigenvalue weighted by Crippen LogP contribution is 2.26. The fourth-order valence-electron chi connectivity index (χ4n) is 2.07. The van der Waals surface area contributed by atoms with Gasteiger partial charge < -0.3 is 15.8 Å². The van der Waals surface area contributed by atoms with Crippen LogP contribution in [0.5, 0.6) is 0 Å². The van der Waals surface area contributed by atoms with Gasteiger partial charge in [0.25, 0.3) is 11.8 Å². The lowest BCUT2D eigenvalue weighted by Gasteiger charge is -2.13. The molecule has 0 unspecified atom stereocenters. The molecule has 1 aromatic carbocycles. The molecule has 0 aliphatic carbocycles. The smallest absolute Gasteiger partial charge is 0.274 e. The number of hydrogen-bond acceptors (Lipinski definition) is 4. The molecule has 0 saturated carbocycles. The minimum absolute atomic E-state index is 0.108. The summed E-state index contributed by atoms with van der Waals surface area (Å²) in [5.41, 5.74) is 6.70. The fourth-order valence-corrected chi connectivity index (χ4v) is 2.75. The summed E-state index contributed by atoms with van der Waals surface area (Å²) in [6.45, 7) is 1.83. The highest BCUT2D eigenvalue weighted by Gasteiger charge is 2.19. The standard InChI is InChI=1S/C14H14BrClN4O3/c1-7-3-8(16)4-9(13(17)21)12(7)18-14(22)10-5-11(15)19-20(10)6-23-2/h3-5H,6H2,1-2H3,(H2,17,21)(H,18,22). The van der Waals surface area contributed by atoms with E-state index in [-0.39, 0.29) is 18.0 Å². The molecule has 0 atom stereocenters. The van der Waals surface area contributed by atoms with E-state index in [9.17, 15) is 9.59 Å². The number of rotatable bonds is 5. The summed E-state index contributed by atoms with van der Waals surface area (Å²) in [6, 6.07) is 4.59. The van der Waals surface area contributed by atoms with Crippen molar-refractivity contribution in [1.29, 1.82) is 0 Å². The van der Waals surface area contributed by atoms with Gasteiger partial charge in [0.15, 0.2) is 0 Å². The van der Waals surface area contributed by atoms with Crippen LogP contribution >= 0.6 is 27.5 Å². The molecule has 2 rings (SSSR count). The van der Waals surface area contributed by atoms with Gasteiger partial charge in [0.05, 0.1) is 11.3 Å². The molecule has 7 nitrogen and oxygen atoms in total. The maximum atomic E-state index is 12.5. The topological polar surface area (TPSA) is 99.2 Å². The lowest BCUT2D eigenvalue weighted by Crippen LogP contribution is -2.22. The molecule has 1 aromatic heterocycles. The third kappa shape index (κ3) is 3.90. The van der Waals surface area contributed by atoms with Crippen LogP contribution in [0.2, 0.25) is 5.02 Å². The van der Waals surface area contributed by atoms with E-state index >= 15 is 0 Å². The summed E-state index contributed by atoms with van der Waals surface area (Å²) >= 11 is 9.14. The Kier molecular flexibility index (Phi) is 5.40. The molecule has 0 fully saturated rings. The van der Waals surface area contributed by atoms with Crippen molar-refractivity contribution in [3.05, 3.63) is 44.6 Å². The number of primary amides is 1. The van der Waals surface area contributed by atoms with Crippen molar-refractivity contribution in [2.75, 3.05) is 12.4 Å². The number of methoxy groups -OCH3 is 1. The van der Waals surface area contributed by atoms with Gasteiger partial charge in [-0.05, 0) is 40.5 Å². The number of nitrogens with zero attached hydrogens (tertiary/aromatic N) is 2. The van der Waals surface area contributed by atoms with Gasteiger partial charge in [-0.2, -0.15) is 5.10 Å². The number of nitrogens with two attached hydrogens (primary N) is 1. The van der Waals surface area contributed by atoms with Crippen LogP contribution in [0.15, 0.2) is 22.8 Å². The second-order valence-electron chi connectivity index (χ2n) is 4.73. The molecular formula is C14H14BrClN4O3. The number of hydrogen-bond donors (Lipinski definition) is 2. The summed E-state index contributed by atoms with van der Waals surface area (Å²) in [4.78, 5) is 24.1. The molecule has 122 valence electrons. The molecule has 23 heavy (non-hydrogen) atoms. The Labute approximate surface area is 145 Å². The average molecular weight is 402 g/mol. The first-order valence-corrected chi connectivity index (χ1v) is 7.64. The Hall–Kier alpha value is -1.90. The first-order chi connectivity index (χ1) is 10.8. The lowest BCUT2D eigenvalue weighted by atomic mass is 10.1. The second-order valence-corrected chi connectivity index (χ2v) is 5.98. The summed E-state index contributed by atoms with van der Waals surface area (Å²) in [6.07, 6.45) is 0. The molecule has 3 N–H and O–H groups in total. The molecule has 1 heterocycles. The first-order valence-electron chi connectivity index (χ1n) is 6.47. The Balaban J connectivity index is 2.40. The second kappa shape index (κ2) is 7.12. The average Bonchev–Trinajstić information content (AvgIpc) is 2.82. The number of ether oxygens (including phenoxy) is 1. The Bertz CT molecular complexity index is 776. The number of anilines is 1. The van der Waals surface area contributed by atoms with Crippen LogP contribution in [-0.4, -0.2) is 28.7 Å². The largest absolute Gasteiger partial charge is 0.366 e. The summed E-state index contributed by atoms with van der Waals surface area (Å²) < 4.78 is 6.86. The Morgan fingerprint density at radius 2 is 2.13 bits per heavy atom. The van der Waals surface area contributed by atoms with E-state index in [2.05, 4.69) is 26.3 Å². The van der Waals surface area contributed by atoms with Gasteiger partial charge in [-0.1, -0.05) is 11.6 Å². The van der Waals surface area contributed by atoms with Crippen LogP contribution in [-0.2, 0) is 11.5 Å². The highest BCUT2D eigenvalue weighted by atomic mass is 79.9. The summed E-state index contributed by atoms with van der Waals surface area (Å²) in [7, 11) is 1.49. The van der Waals surface area contributed by atoms with Gasteiger partial charge in [-0.15, -0.1) is 0 Å². The van der Waals surface area contributed by atoms with Crippen molar-refractivity contribution < 1.29 is 14.3 Å². The van der Waals surface area contributed by atoms with Crippen LogP contribution in [0, 0.1) is 6.92 Å². The van der Waals surface area contributed by atoms with E-state index in [0.717, 1.165) is 0 Å². The highest BCUT2D eigenvalue weighted by molar-refractivity contribution is 9.10. The van der Waals surface area contributed by atoms with Crippen LogP contribution in [0.25, 0.3) is 0 Å². The van der Waals surface area contributed by atoms with E-state index < -0.39 is 11.8 Å². The molecule has 0 aliphatic heterocycles. The zero-order valence-electron chi connectivity index (χ0n) is 12.4. The van der Waals surface area contributed by atoms with Gasteiger partial charge >= 0.3 is 0 Å². The van der Waals surface area contributed by atoms with Crippen molar-refractivity contribution in [1.82, 2.24) is 9.78 Å². The van der Waals surface area contributed by atoms with Gasteiger partial charge in [-0.25, -0.2) is 4.68 Å². The lowest BCUT2D eigenvalue weighted by molar-refractivity contribution is 0.0955. The molecule has 0 saturated heterocycles. The minimum atomic E-state index is -0.683. The van der Waals surface area contributed by atoms with Gasteiger partial charge in [0, 0.05) is 18.2 Å². The molecule has 0 spiro atoms. The monoisotopic (exact) mass is 400 g/mol. The van der Waals surface area contributed by atoms with Crippen molar-refractivity contribution in [2.24, 2.45) is 5.73 Å². The third-order valence-electron chi connectivity index (χ3n) is 3.04. The maximum Gasteiger partial charge on any atom is 0.274 e. The van der Waals surface area contributed by atoms with E-state index in [1.807, 2.05) is 0 Å². The van der Waals surface area contributed by atoms with Crippen LogP contribution < -0.4 is 11.1 Å². The zero-order chi connectivity index (χ0) is 17.1. The number of aromatic nitrogens is 2. The first kappa shape index (κ1) is 17.5. The van der Waals surface area contributed by atoms with Gasteiger partial charge in [0.1, 0.15) is 17.0 Å². The number of halogens is 2. The van der Waals surface area contributed by atoms with Gasteiger partial charge in [-0.3, -0.25) is 9.59 Å². The number of aryl methyl sites for hydroxylation is 1. The van der Waals surface area contributed by atoms with E-state index in [0.29, 0.717) is 20.9 Å². The molecule has 2 aromatic rings. The molecule has 0 radical (unpaired) electrons. The SMILES string of the molecule is COCn1nc(Br)cc1C(=O)Nc1c(C)cc(Cl)cc1C(N)=O. The normalized spacial score (nSPS) is 10.6. The number of amides is 2. The number of benzene rings is 1. The van der Waals surface area contributed by atoms with E-state index in [1.165, 1.54) is 17.9 Å². The Morgan fingerprint density at radius 3 is 2.74 bits per heavy atom. The van der Waals surface area contributed by atoms with E-state index in [4.69, 9.17) is 22.1 Å². The number of carbonyl (C=O) groups excluding carboxylic acids is 2. The quantitative estimate of drug-likeness (QED) is 0.804. The van der Waals surface area contributed by atoms with E-state index in [1.54, 1.807) is 19.1 Å². The predicted molar refractivity (Wildman–Crippen MR) is 89.6 cm³/mol. The van der Waals surface area contributed by atoms with Crippen LogP contribution in [0.1, 0.15) is 26.4 Å². The summed E-state index contributed by atoms with van der Waals surface area (Å²) in [5.74, 6) is -1.13. The summed E-state index contributed by atoms with van der Waals surface area (Å²) in [5, 5.41) is 7.13.